The molecule has 1 aliphatic carbocycles. The van der Waals surface area contributed by atoms with E-state index in [9.17, 15) is 8.42 Å². The standard InChI is InChI=1S/C23H30N2O2S.2ClH/c1-2-28(26,27)23-10-7-19(8-11-23)20-6-9-21(24-17-20)16-18-12-14-25(15-13-18)22-4-3-5-22;;/h6-11,17-18,22H,2-5,12-16H2,1H3;2*1H. The van der Waals surface area contributed by atoms with Crippen LogP contribution in [0.1, 0.15) is 44.7 Å². The average Bonchev–Trinajstić information content (AvgIpc) is 2.69. The Morgan fingerprint density at radius 3 is 2.07 bits per heavy atom. The molecule has 1 aromatic heterocycles. The van der Waals surface area contributed by atoms with Gasteiger partial charge in [-0.05, 0) is 74.9 Å². The Balaban J connectivity index is 0.00000160. The van der Waals surface area contributed by atoms with E-state index < -0.39 is 9.84 Å². The monoisotopic (exact) mass is 470 g/mol. The third-order valence-corrected chi connectivity index (χ3v) is 8.24. The minimum absolute atomic E-state index is 0. The Kier molecular flexibility index (Phi) is 9.16. The number of likely N-dealkylation sites (tertiary alicyclic amines) is 1. The number of hydrogen-bond acceptors (Lipinski definition) is 4. The van der Waals surface area contributed by atoms with Crippen LogP contribution >= 0.6 is 24.8 Å². The molecule has 0 amide bonds. The zero-order valence-electron chi connectivity index (χ0n) is 17.5. The van der Waals surface area contributed by atoms with Crippen molar-refractivity contribution < 1.29 is 8.42 Å². The summed E-state index contributed by atoms with van der Waals surface area (Å²) in [6.07, 6.45) is 9.77. The summed E-state index contributed by atoms with van der Waals surface area (Å²) in [4.78, 5) is 7.77. The van der Waals surface area contributed by atoms with E-state index in [2.05, 4.69) is 22.0 Å². The fraction of sp³-hybridized carbons (Fsp3) is 0.522. The molecule has 30 heavy (non-hydrogen) atoms. The van der Waals surface area contributed by atoms with Crippen molar-refractivity contribution in [3.63, 3.8) is 0 Å². The van der Waals surface area contributed by atoms with Gasteiger partial charge in [0.15, 0.2) is 9.84 Å². The molecule has 166 valence electrons. The lowest BCUT2D eigenvalue weighted by molar-refractivity contribution is 0.0845. The van der Waals surface area contributed by atoms with Gasteiger partial charge in [0.1, 0.15) is 0 Å². The van der Waals surface area contributed by atoms with E-state index in [4.69, 9.17) is 0 Å². The Hall–Kier alpha value is -1.14. The van der Waals surface area contributed by atoms with E-state index in [1.165, 1.54) is 45.2 Å². The number of nitrogens with zero attached hydrogens (tertiary/aromatic N) is 2. The van der Waals surface area contributed by atoms with Crippen LogP contribution in [0.4, 0.5) is 0 Å². The molecule has 1 aliphatic heterocycles. The Morgan fingerprint density at radius 1 is 0.933 bits per heavy atom. The Morgan fingerprint density at radius 2 is 1.57 bits per heavy atom. The molecule has 0 spiro atoms. The molecule has 1 aromatic carbocycles. The van der Waals surface area contributed by atoms with Gasteiger partial charge in [-0.15, -0.1) is 24.8 Å². The Bertz CT molecular complexity index is 890. The van der Waals surface area contributed by atoms with E-state index >= 15 is 0 Å². The summed E-state index contributed by atoms with van der Waals surface area (Å²) in [6.45, 7) is 4.17. The van der Waals surface area contributed by atoms with Gasteiger partial charge in [-0.25, -0.2) is 8.42 Å². The average molecular weight is 471 g/mol. The second kappa shape index (κ2) is 10.9. The van der Waals surface area contributed by atoms with Crippen molar-refractivity contribution in [2.75, 3.05) is 18.8 Å². The number of piperidine rings is 1. The summed E-state index contributed by atoms with van der Waals surface area (Å²) in [7, 11) is -3.15. The molecule has 0 radical (unpaired) electrons. The molecule has 2 fully saturated rings. The fourth-order valence-electron chi connectivity index (χ4n) is 4.31. The predicted octanol–water partition coefficient (Wildman–Crippen LogP) is 5.19. The van der Waals surface area contributed by atoms with Gasteiger partial charge in [0.25, 0.3) is 0 Å². The third-order valence-electron chi connectivity index (χ3n) is 6.49. The maximum absolute atomic E-state index is 11.9. The van der Waals surface area contributed by atoms with Gasteiger partial charge in [-0.1, -0.05) is 31.5 Å². The minimum atomic E-state index is -3.15. The summed E-state index contributed by atoms with van der Waals surface area (Å²) >= 11 is 0. The van der Waals surface area contributed by atoms with Crippen LogP contribution in [-0.2, 0) is 16.3 Å². The van der Waals surface area contributed by atoms with Gasteiger partial charge < -0.3 is 4.90 Å². The van der Waals surface area contributed by atoms with Gasteiger partial charge in [-0.2, -0.15) is 0 Å². The zero-order chi connectivity index (χ0) is 19.6. The van der Waals surface area contributed by atoms with Crippen molar-refractivity contribution in [2.24, 2.45) is 5.92 Å². The van der Waals surface area contributed by atoms with Crippen LogP contribution in [0, 0.1) is 5.92 Å². The van der Waals surface area contributed by atoms with Crippen LogP contribution in [-0.4, -0.2) is 43.2 Å². The molecular weight excluding hydrogens is 439 g/mol. The number of sulfone groups is 1. The first-order valence-electron chi connectivity index (χ1n) is 10.6. The summed E-state index contributed by atoms with van der Waals surface area (Å²) in [6, 6.07) is 12.2. The second-order valence-electron chi connectivity index (χ2n) is 8.23. The summed E-state index contributed by atoms with van der Waals surface area (Å²) in [5.74, 6) is 0.871. The van der Waals surface area contributed by atoms with Crippen LogP contribution in [0.15, 0.2) is 47.5 Å². The molecule has 4 rings (SSSR count). The van der Waals surface area contributed by atoms with Crippen LogP contribution in [0.2, 0.25) is 0 Å². The summed E-state index contributed by atoms with van der Waals surface area (Å²) in [5, 5.41) is 0. The van der Waals surface area contributed by atoms with Crippen LogP contribution in [0.3, 0.4) is 0 Å². The molecular formula is C23H32Cl2N2O2S. The molecule has 4 nitrogen and oxygen atoms in total. The molecule has 0 atom stereocenters. The van der Waals surface area contributed by atoms with Gasteiger partial charge in [0, 0.05) is 23.5 Å². The topological polar surface area (TPSA) is 50.3 Å². The summed E-state index contributed by atoms with van der Waals surface area (Å²) in [5.41, 5.74) is 3.20. The number of aromatic nitrogens is 1. The van der Waals surface area contributed by atoms with E-state index in [1.807, 2.05) is 18.3 Å². The van der Waals surface area contributed by atoms with Gasteiger partial charge in [0.05, 0.1) is 10.6 Å². The molecule has 2 heterocycles. The third kappa shape index (κ3) is 5.76. The highest BCUT2D eigenvalue weighted by Crippen LogP contribution is 2.30. The number of hydrogen-bond donors (Lipinski definition) is 0. The van der Waals surface area contributed by atoms with Gasteiger partial charge in [-0.3, -0.25) is 4.98 Å². The maximum atomic E-state index is 11.9. The maximum Gasteiger partial charge on any atom is 0.178 e. The van der Waals surface area contributed by atoms with E-state index in [1.54, 1.807) is 19.1 Å². The molecule has 2 aliphatic rings. The predicted molar refractivity (Wildman–Crippen MR) is 128 cm³/mol. The highest BCUT2D eigenvalue weighted by Gasteiger charge is 2.28. The molecule has 0 N–H and O–H groups in total. The van der Waals surface area contributed by atoms with Crippen LogP contribution in [0.25, 0.3) is 11.1 Å². The fourth-order valence-corrected chi connectivity index (χ4v) is 5.19. The van der Waals surface area contributed by atoms with Crippen LogP contribution in [0.5, 0.6) is 0 Å². The molecule has 7 heteroatoms. The van der Waals surface area contributed by atoms with Crippen molar-refractivity contribution in [3.8, 4) is 11.1 Å². The van der Waals surface area contributed by atoms with Crippen molar-refractivity contribution >= 4 is 34.7 Å². The largest absolute Gasteiger partial charge is 0.300 e. The lowest BCUT2D eigenvalue weighted by atomic mass is 9.86. The molecule has 2 aromatic rings. The summed E-state index contributed by atoms with van der Waals surface area (Å²) < 4.78 is 23.9. The van der Waals surface area contributed by atoms with Gasteiger partial charge in [0.2, 0.25) is 0 Å². The molecule has 0 bridgehead atoms. The quantitative estimate of drug-likeness (QED) is 0.582. The van der Waals surface area contributed by atoms with Crippen molar-refractivity contribution in [1.82, 2.24) is 9.88 Å². The number of halogens is 2. The van der Waals surface area contributed by atoms with Gasteiger partial charge >= 0.3 is 0 Å². The number of benzene rings is 1. The van der Waals surface area contributed by atoms with Crippen molar-refractivity contribution in [2.45, 2.75) is 56.4 Å². The van der Waals surface area contributed by atoms with E-state index in [0.717, 1.165) is 35.2 Å². The van der Waals surface area contributed by atoms with E-state index in [0.29, 0.717) is 4.90 Å². The zero-order valence-corrected chi connectivity index (χ0v) is 19.9. The highest BCUT2D eigenvalue weighted by atomic mass is 35.5. The first-order valence-corrected chi connectivity index (χ1v) is 12.2. The van der Waals surface area contributed by atoms with Crippen molar-refractivity contribution in [1.29, 1.82) is 0 Å². The Labute approximate surface area is 193 Å². The lowest BCUT2D eigenvalue weighted by Gasteiger charge is -2.41. The molecule has 1 saturated carbocycles. The van der Waals surface area contributed by atoms with Crippen molar-refractivity contribution in [3.05, 3.63) is 48.3 Å². The normalized spacial score (nSPS) is 18.2. The number of pyridine rings is 1. The first-order chi connectivity index (χ1) is 13.5. The SMILES string of the molecule is CCS(=O)(=O)c1ccc(-c2ccc(CC3CCN(C4CCC4)CC3)nc2)cc1.Cl.Cl. The lowest BCUT2D eigenvalue weighted by Crippen LogP contribution is -2.45. The minimum Gasteiger partial charge on any atom is -0.300 e. The van der Waals surface area contributed by atoms with E-state index in [-0.39, 0.29) is 30.6 Å². The highest BCUT2D eigenvalue weighted by molar-refractivity contribution is 7.91. The molecule has 0 unspecified atom stereocenters. The number of rotatable bonds is 6. The van der Waals surface area contributed by atoms with Crippen LogP contribution < -0.4 is 0 Å². The second-order valence-corrected chi connectivity index (χ2v) is 10.5. The first kappa shape index (κ1) is 25.1. The smallest absolute Gasteiger partial charge is 0.178 e. The molecule has 1 saturated heterocycles.